The molecule has 156 valence electrons. The highest BCUT2D eigenvalue weighted by atomic mass is 79.9. The smallest absolute Gasteiger partial charge is 0.298 e. The molecule has 0 saturated carbocycles. The summed E-state index contributed by atoms with van der Waals surface area (Å²) in [5, 5.41) is 0.0845. The van der Waals surface area contributed by atoms with Crippen molar-refractivity contribution in [3.63, 3.8) is 0 Å². The van der Waals surface area contributed by atoms with Gasteiger partial charge < -0.3 is 4.74 Å². The van der Waals surface area contributed by atoms with Gasteiger partial charge in [0.2, 0.25) is 0 Å². The zero-order valence-electron chi connectivity index (χ0n) is 16.5. The monoisotopic (exact) mass is 513 g/mol. The maximum atomic E-state index is 12.8. The minimum absolute atomic E-state index is 0.328. The van der Waals surface area contributed by atoms with E-state index >= 15 is 0 Å². The molecule has 1 fully saturated rings. The molecule has 3 aromatic rings. The fraction of sp³-hybridized carbons (Fsp3) is 0.0833. The highest BCUT2D eigenvalue weighted by molar-refractivity contribution is 9.10. The van der Waals surface area contributed by atoms with Gasteiger partial charge in [-0.25, -0.2) is 4.90 Å². The molecule has 0 atom stereocenters. The van der Waals surface area contributed by atoms with Gasteiger partial charge in [0.05, 0.1) is 20.1 Å². The second-order valence-corrected chi connectivity index (χ2v) is 9.20. The first-order valence-electron chi connectivity index (χ1n) is 9.43. The Morgan fingerprint density at radius 3 is 2.55 bits per heavy atom. The van der Waals surface area contributed by atoms with Gasteiger partial charge in [0.25, 0.3) is 11.1 Å². The summed E-state index contributed by atoms with van der Waals surface area (Å²) in [6.45, 7) is 2.41. The minimum atomic E-state index is -0.354. The van der Waals surface area contributed by atoms with Crippen molar-refractivity contribution >= 4 is 62.2 Å². The van der Waals surface area contributed by atoms with Crippen molar-refractivity contribution in [1.29, 1.82) is 0 Å². The lowest BCUT2D eigenvalue weighted by molar-refractivity contribution is -0.113. The molecule has 1 heterocycles. The molecule has 1 aliphatic rings. The van der Waals surface area contributed by atoms with Crippen LogP contribution in [0.2, 0.25) is 5.02 Å². The van der Waals surface area contributed by atoms with Gasteiger partial charge in [0.1, 0.15) is 6.61 Å². The number of imide groups is 1. The molecule has 3 aromatic carbocycles. The highest BCUT2D eigenvalue weighted by Crippen LogP contribution is 2.39. The average Bonchev–Trinajstić information content (AvgIpc) is 3.01. The van der Waals surface area contributed by atoms with E-state index in [1.165, 1.54) is 4.90 Å². The fourth-order valence-electron chi connectivity index (χ4n) is 3.18. The second-order valence-electron chi connectivity index (χ2n) is 6.94. The Morgan fingerprint density at radius 1 is 1.06 bits per heavy atom. The number of thioether (sulfide) groups is 1. The summed E-state index contributed by atoms with van der Waals surface area (Å²) in [5.74, 6) is 0.172. The van der Waals surface area contributed by atoms with Crippen molar-refractivity contribution in [2.45, 2.75) is 13.5 Å². The van der Waals surface area contributed by atoms with Gasteiger partial charge >= 0.3 is 0 Å². The number of aryl methyl sites for hydroxylation is 1. The van der Waals surface area contributed by atoms with Crippen molar-refractivity contribution in [3.05, 3.63) is 97.8 Å². The van der Waals surface area contributed by atoms with E-state index in [-0.39, 0.29) is 11.1 Å². The number of rotatable bonds is 5. The average molecular weight is 515 g/mol. The third-order valence-corrected chi connectivity index (χ3v) is 6.33. The first-order valence-corrected chi connectivity index (χ1v) is 11.4. The van der Waals surface area contributed by atoms with Crippen LogP contribution in [0.25, 0.3) is 6.08 Å². The molecule has 0 spiro atoms. The fourth-order valence-corrected chi connectivity index (χ4v) is 5.01. The van der Waals surface area contributed by atoms with Crippen LogP contribution in [0.1, 0.15) is 16.7 Å². The van der Waals surface area contributed by atoms with Crippen LogP contribution in [0, 0.1) is 6.92 Å². The van der Waals surface area contributed by atoms with Gasteiger partial charge in [0, 0.05) is 0 Å². The summed E-state index contributed by atoms with van der Waals surface area (Å²) < 4.78 is 6.58. The number of carbonyl (C=O) groups is 2. The van der Waals surface area contributed by atoms with Crippen LogP contribution in [-0.2, 0) is 11.4 Å². The van der Waals surface area contributed by atoms with Crippen LogP contribution in [0.4, 0.5) is 10.5 Å². The maximum absolute atomic E-state index is 12.8. The largest absolute Gasteiger partial charge is 0.486 e. The quantitative estimate of drug-likeness (QED) is 0.337. The number of carbonyl (C=O) groups excluding carboxylic acids is 2. The first-order chi connectivity index (χ1) is 14.9. The number of anilines is 1. The zero-order chi connectivity index (χ0) is 22.0. The molecule has 0 aromatic heterocycles. The molecule has 0 unspecified atom stereocenters. The van der Waals surface area contributed by atoms with E-state index in [2.05, 4.69) is 22.0 Å². The second kappa shape index (κ2) is 9.30. The van der Waals surface area contributed by atoms with Crippen molar-refractivity contribution in [2.24, 2.45) is 0 Å². The number of halogens is 2. The first kappa shape index (κ1) is 21.7. The van der Waals surface area contributed by atoms with E-state index in [4.69, 9.17) is 16.3 Å². The van der Waals surface area contributed by atoms with Crippen LogP contribution >= 0.6 is 39.3 Å². The van der Waals surface area contributed by atoms with Gasteiger partial charge in [0.15, 0.2) is 5.75 Å². The number of benzene rings is 3. The molecule has 0 N–H and O–H groups in total. The standard InChI is InChI=1S/C24H17BrClNO3S/c1-15-6-5-7-16(10-15)14-30-22-19(25)11-17(12-20(22)26)13-21-23(28)27(24(29)31-21)18-8-3-2-4-9-18/h2-13H,14H2,1H3/b21-13-. The molecular weight excluding hydrogens is 498 g/mol. The lowest BCUT2D eigenvalue weighted by atomic mass is 10.1. The number of hydrogen-bond donors (Lipinski definition) is 0. The van der Waals surface area contributed by atoms with E-state index in [0.717, 1.165) is 22.9 Å². The lowest BCUT2D eigenvalue weighted by Crippen LogP contribution is -2.27. The topological polar surface area (TPSA) is 46.6 Å². The molecule has 0 bridgehead atoms. The Hall–Kier alpha value is -2.54. The number of para-hydroxylation sites is 1. The van der Waals surface area contributed by atoms with Gasteiger partial charge in [-0.15, -0.1) is 0 Å². The Morgan fingerprint density at radius 2 is 1.84 bits per heavy atom. The third-order valence-electron chi connectivity index (χ3n) is 4.59. The van der Waals surface area contributed by atoms with Crippen LogP contribution in [0.3, 0.4) is 0 Å². The van der Waals surface area contributed by atoms with Crippen LogP contribution in [0.15, 0.2) is 76.1 Å². The number of nitrogens with zero attached hydrogens (tertiary/aromatic N) is 1. The molecule has 1 saturated heterocycles. The molecule has 4 rings (SSSR count). The Kier molecular flexibility index (Phi) is 6.51. The summed E-state index contributed by atoms with van der Waals surface area (Å²) in [5.41, 5.74) is 3.44. The van der Waals surface area contributed by atoms with Gasteiger partial charge in [-0.3, -0.25) is 9.59 Å². The van der Waals surface area contributed by atoms with E-state index in [9.17, 15) is 9.59 Å². The molecule has 0 aliphatic carbocycles. The van der Waals surface area contributed by atoms with Crippen LogP contribution in [0.5, 0.6) is 5.75 Å². The number of hydrogen-bond acceptors (Lipinski definition) is 4. The molecule has 0 radical (unpaired) electrons. The summed E-state index contributed by atoms with van der Waals surface area (Å²) >= 11 is 10.9. The predicted octanol–water partition coefficient (Wildman–Crippen LogP) is 7.23. The van der Waals surface area contributed by atoms with Crippen molar-refractivity contribution in [1.82, 2.24) is 0 Å². The van der Waals surface area contributed by atoms with Crippen molar-refractivity contribution in [3.8, 4) is 5.75 Å². The predicted molar refractivity (Wildman–Crippen MR) is 130 cm³/mol. The molecule has 1 aliphatic heterocycles. The maximum Gasteiger partial charge on any atom is 0.298 e. The van der Waals surface area contributed by atoms with Gasteiger partial charge in [-0.2, -0.15) is 0 Å². The lowest BCUT2D eigenvalue weighted by Gasteiger charge is -2.12. The Balaban J connectivity index is 1.55. The summed E-state index contributed by atoms with van der Waals surface area (Å²) in [7, 11) is 0. The van der Waals surface area contributed by atoms with Crippen molar-refractivity contribution in [2.75, 3.05) is 4.90 Å². The summed E-state index contributed by atoms with van der Waals surface area (Å²) in [6, 6.07) is 20.5. The van der Waals surface area contributed by atoms with E-state index in [1.807, 2.05) is 37.3 Å². The summed E-state index contributed by atoms with van der Waals surface area (Å²) in [6.07, 6.45) is 1.66. The minimum Gasteiger partial charge on any atom is -0.486 e. The van der Waals surface area contributed by atoms with E-state index < -0.39 is 0 Å². The summed E-state index contributed by atoms with van der Waals surface area (Å²) in [4.78, 5) is 26.7. The Labute approximate surface area is 198 Å². The normalized spacial score (nSPS) is 15.1. The highest BCUT2D eigenvalue weighted by Gasteiger charge is 2.36. The molecular formula is C24H17BrClNO3S. The van der Waals surface area contributed by atoms with Crippen LogP contribution in [-0.4, -0.2) is 11.1 Å². The van der Waals surface area contributed by atoms with E-state index in [0.29, 0.717) is 38.0 Å². The molecule has 2 amide bonds. The van der Waals surface area contributed by atoms with Crippen molar-refractivity contribution < 1.29 is 14.3 Å². The molecule has 7 heteroatoms. The zero-order valence-corrected chi connectivity index (χ0v) is 19.6. The van der Waals surface area contributed by atoms with Gasteiger partial charge in [-0.05, 0) is 76.1 Å². The van der Waals surface area contributed by atoms with Gasteiger partial charge in [-0.1, -0.05) is 59.6 Å². The van der Waals surface area contributed by atoms with Crippen LogP contribution < -0.4 is 9.64 Å². The van der Waals surface area contributed by atoms with E-state index in [1.54, 1.807) is 36.4 Å². The third kappa shape index (κ3) is 4.87. The Bertz CT molecular complexity index is 1170. The molecule has 31 heavy (non-hydrogen) atoms. The number of ether oxygens (including phenoxy) is 1. The number of amides is 2. The molecule has 4 nitrogen and oxygen atoms in total. The SMILES string of the molecule is Cc1cccc(COc2c(Cl)cc(/C=C3\SC(=O)N(c4ccccc4)C3=O)cc2Br)c1.